The molecule has 0 spiro atoms. The molecule has 0 aliphatic carbocycles. The molecule has 150 valence electrons. The summed E-state index contributed by atoms with van der Waals surface area (Å²) < 4.78 is 29.2. The second-order valence-corrected chi connectivity index (χ2v) is 8.67. The van der Waals surface area contributed by atoms with Crippen LogP contribution >= 0.6 is 12.2 Å². The number of rotatable bonds is 6. The predicted octanol–water partition coefficient (Wildman–Crippen LogP) is 1.25. The number of amidine groups is 1. The maximum absolute atomic E-state index is 12.8. The zero-order valence-electron chi connectivity index (χ0n) is 15.8. The molecule has 2 aromatic rings. The Bertz CT molecular complexity index is 1090. The van der Waals surface area contributed by atoms with Gasteiger partial charge in [0.05, 0.1) is 11.4 Å². The van der Waals surface area contributed by atoms with Gasteiger partial charge in [-0.3, -0.25) is 19.6 Å². The van der Waals surface area contributed by atoms with Crippen molar-refractivity contribution in [3.8, 4) is 0 Å². The molecule has 28 heavy (non-hydrogen) atoms. The van der Waals surface area contributed by atoms with Crippen LogP contribution in [0.1, 0.15) is 31.7 Å². The van der Waals surface area contributed by atoms with Crippen LogP contribution in [0.4, 0.5) is 0 Å². The first-order valence-electron chi connectivity index (χ1n) is 8.82. The summed E-state index contributed by atoms with van der Waals surface area (Å²) in [6.45, 7) is 4.04. The number of fused-ring (bicyclic) bond motifs is 1. The molecule has 1 amide bonds. The molecule has 11 heteroatoms. The molecule has 0 unspecified atom stereocenters. The number of benzene rings is 1. The van der Waals surface area contributed by atoms with Gasteiger partial charge in [-0.2, -0.15) is 5.10 Å². The Morgan fingerprint density at radius 2 is 2.11 bits per heavy atom. The van der Waals surface area contributed by atoms with Crippen molar-refractivity contribution in [3.63, 3.8) is 0 Å². The van der Waals surface area contributed by atoms with E-state index < -0.39 is 16.1 Å². The van der Waals surface area contributed by atoms with E-state index in [9.17, 15) is 13.2 Å². The third-order valence-electron chi connectivity index (χ3n) is 4.78. The number of carbonyl (C=O) groups is 1. The monoisotopic (exact) mass is 422 g/mol. The minimum Gasteiger partial charge on any atom is -0.347 e. The van der Waals surface area contributed by atoms with Gasteiger partial charge in [0.15, 0.2) is 10.6 Å². The van der Waals surface area contributed by atoms with E-state index >= 15 is 0 Å². The third-order valence-corrected chi connectivity index (χ3v) is 6.54. The first kappa shape index (κ1) is 20.2. The zero-order valence-corrected chi connectivity index (χ0v) is 17.4. The summed E-state index contributed by atoms with van der Waals surface area (Å²) in [5, 5.41) is 9.54. The van der Waals surface area contributed by atoms with Gasteiger partial charge in [-0.1, -0.05) is 32.4 Å². The van der Waals surface area contributed by atoms with Crippen LogP contribution in [-0.4, -0.2) is 41.0 Å². The molecule has 1 aliphatic rings. The van der Waals surface area contributed by atoms with E-state index in [1.807, 2.05) is 13.8 Å². The normalized spacial score (nSPS) is 18.3. The number of hydrogen-bond donors (Lipinski definition) is 3. The van der Waals surface area contributed by atoms with E-state index in [0.717, 1.165) is 0 Å². The van der Waals surface area contributed by atoms with E-state index in [2.05, 4.69) is 25.2 Å². The van der Waals surface area contributed by atoms with Crippen molar-refractivity contribution < 1.29 is 13.2 Å². The molecule has 2 heterocycles. The Morgan fingerprint density at radius 3 is 2.75 bits per heavy atom. The van der Waals surface area contributed by atoms with Crippen LogP contribution in [0.3, 0.4) is 0 Å². The SMILES string of the molecule is CC[C@H](C)[C@H](N=C1NS(=O)(=O)c2ccccc21)C(=O)NCc1n[nH]c(=S)n1C. The van der Waals surface area contributed by atoms with Gasteiger partial charge < -0.3 is 9.88 Å². The van der Waals surface area contributed by atoms with Crippen LogP contribution < -0.4 is 10.0 Å². The molecule has 1 aromatic carbocycles. The lowest BCUT2D eigenvalue weighted by Gasteiger charge is -2.19. The lowest BCUT2D eigenvalue weighted by Crippen LogP contribution is -2.39. The average Bonchev–Trinajstić information content (AvgIpc) is 3.13. The fraction of sp³-hybridized carbons (Fsp3) is 0.412. The third kappa shape index (κ3) is 3.85. The highest BCUT2D eigenvalue weighted by Crippen LogP contribution is 2.24. The summed E-state index contributed by atoms with van der Waals surface area (Å²) in [4.78, 5) is 17.5. The number of aliphatic imine (C=N–C) groups is 1. The number of H-pyrrole nitrogens is 1. The van der Waals surface area contributed by atoms with Crippen molar-refractivity contribution in [1.82, 2.24) is 24.8 Å². The van der Waals surface area contributed by atoms with Crippen molar-refractivity contribution in [2.75, 3.05) is 0 Å². The van der Waals surface area contributed by atoms with E-state index in [4.69, 9.17) is 12.2 Å². The first-order chi connectivity index (χ1) is 13.2. The van der Waals surface area contributed by atoms with E-state index in [1.165, 1.54) is 6.07 Å². The molecule has 1 aliphatic heterocycles. The lowest BCUT2D eigenvalue weighted by atomic mass is 9.98. The van der Waals surface area contributed by atoms with Gasteiger partial charge in [-0.15, -0.1) is 0 Å². The molecule has 1 aromatic heterocycles. The number of nitrogens with one attached hydrogen (secondary N) is 3. The molecule has 3 N–H and O–H groups in total. The van der Waals surface area contributed by atoms with Gasteiger partial charge in [-0.05, 0) is 30.3 Å². The van der Waals surface area contributed by atoms with Crippen LogP contribution in [0.15, 0.2) is 34.2 Å². The topological polar surface area (TPSA) is 121 Å². The molecular weight excluding hydrogens is 400 g/mol. The average molecular weight is 423 g/mol. The van der Waals surface area contributed by atoms with E-state index in [-0.39, 0.29) is 29.1 Å². The van der Waals surface area contributed by atoms with Gasteiger partial charge in [0.1, 0.15) is 11.9 Å². The highest BCUT2D eigenvalue weighted by atomic mass is 32.2. The van der Waals surface area contributed by atoms with Crippen LogP contribution in [0.2, 0.25) is 0 Å². The number of hydrogen-bond acceptors (Lipinski definition) is 6. The minimum absolute atomic E-state index is 0.0905. The fourth-order valence-corrected chi connectivity index (χ4v) is 4.23. The van der Waals surface area contributed by atoms with Gasteiger partial charge in [0.2, 0.25) is 5.91 Å². The van der Waals surface area contributed by atoms with Crippen LogP contribution in [0, 0.1) is 10.7 Å². The Hall–Kier alpha value is -2.53. The summed E-state index contributed by atoms with van der Waals surface area (Å²) in [5.41, 5.74) is 0.470. The molecule has 3 rings (SSSR count). The molecule has 0 saturated heterocycles. The Morgan fingerprint density at radius 1 is 1.39 bits per heavy atom. The molecule has 0 bridgehead atoms. The summed E-state index contributed by atoms with van der Waals surface area (Å²) in [7, 11) is -1.90. The maximum atomic E-state index is 12.8. The van der Waals surface area contributed by atoms with Crippen molar-refractivity contribution >= 4 is 34.0 Å². The highest BCUT2D eigenvalue weighted by Gasteiger charge is 2.33. The molecule has 0 saturated carbocycles. The largest absolute Gasteiger partial charge is 0.347 e. The number of amides is 1. The molecular formula is C17H22N6O3S2. The van der Waals surface area contributed by atoms with Crippen LogP contribution in [-0.2, 0) is 28.4 Å². The van der Waals surface area contributed by atoms with E-state index in [1.54, 1.807) is 29.8 Å². The first-order valence-corrected chi connectivity index (χ1v) is 10.7. The van der Waals surface area contributed by atoms with Crippen molar-refractivity contribution in [2.24, 2.45) is 18.0 Å². The van der Waals surface area contributed by atoms with Crippen molar-refractivity contribution in [1.29, 1.82) is 0 Å². The second kappa shape index (κ2) is 7.84. The quantitative estimate of drug-likeness (QED) is 0.605. The second-order valence-electron chi connectivity index (χ2n) is 6.63. The van der Waals surface area contributed by atoms with Gasteiger partial charge >= 0.3 is 0 Å². The predicted molar refractivity (Wildman–Crippen MR) is 107 cm³/mol. The van der Waals surface area contributed by atoms with Gasteiger partial charge in [0.25, 0.3) is 10.0 Å². The number of sulfonamides is 1. The lowest BCUT2D eigenvalue weighted by molar-refractivity contribution is -0.123. The summed E-state index contributed by atoms with van der Waals surface area (Å²) in [6.07, 6.45) is 0.704. The summed E-state index contributed by atoms with van der Waals surface area (Å²) >= 11 is 5.07. The molecule has 9 nitrogen and oxygen atoms in total. The molecule has 0 radical (unpaired) electrons. The highest BCUT2D eigenvalue weighted by molar-refractivity contribution is 7.90. The fourth-order valence-electron chi connectivity index (χ4n) is 2.84. The number of aromatic amines is 1. The number of carbonyl (C=O) groups excluding carboxylic acids is 1. The molecule has 0 fully saturated rings. The zero-order chi connectivity index (χ0) is 20.5. The number of aromatic nitrogens is 3. The Balaban J connectivity index is 1.87. The van der Waals surface area contributed by atoms with Gasteiger partial charge in [-0.25, -0.2) is 8.42 Å². The smallest absolute Gasteiger partial charge is 0.263 e. The molecule has 2 atom stereocenters. The Kier molecular flexibility index (Phi) is 5.66. The Labute approximate surface area is 168 Å². The van der Waals surface area contributed by atoms with Crippen LogP contribution in [0.25, 0.3) is 0 Å². The van der Waals surface area contributed by atoms with E-state index in [0.29, 0.717) is 22.6 Å². The minimum atomic E-state index is -3.66. The van der Waals surface area contributed by atoms with Crippen molar-refractivity contribution in [3.05, 3.63) is 40.4 Å². The summed E-state index contributed by atoms with van der Waals surface area (Å²) in [6, 6.07) is 5.83. The standard InChI is InChI=1S/C17H22N6O3S2/c1-4-10(2)14(16(24)18-9-13-20-21-17(27)23(13)3)19-15-11-7-5-6-8-12(11)28(25,26)22-15/h5-8,10,14H,4,9H2,1-3H3,(H,18,24)(H,19,22)(H,21,27)/t10-,14-/m0/s1. The maximum Gasteiger partial charge on any atom is 0.263 e. The van der Waals surface area contributed by atoms with Crippen LogP contribution in [0.5, 0.6) is 0 Å². The number of nitrogens with zero attached hydrogens (tertiary/aromatic N) is 3. The van der Waals surface area contributed by atoms with Crippen molar-refractivity contribution in [2.45, 2.75) is 37.8 Å². The van der Waals surface area contributed by atoms with Gasteiger partial charge in [0, 0.05) is 12.6 Å². The summed E-state index contributed by atoms with van der Waals surface area (Å²) in [5.74, 6) is 0.376.